The molecule has 2 rings (SSSR count). The molecule has 0 saturated carbocycles. The molecule has 2 N–H and O–H groups in total. The van der Waals surface area contributed by atoms with Crippen LogP contribution in [0.5, 0.6) is 0 Å². The van der Waals surface area contributed by atoms with Crippen LogP contribution in [0, 0.1) is 0 Å². The van der Waals surface area contributed by atoms with Crippen molar-refractivity contribution in [1.29, 1.82) is 0 Å². The van der Waals surface area contributed by atoms with Gasteiger partial charge in [0.25, 0.3) is 5.91 Å². The van der Waals surface area contributed by atoms with E-state index in [2.05, 4.69) is 10.6 Å². The number of urea groups is 1. The van der Waals surface area contributed by atoms with E-state index in [-0.39, 0.29) is 11.9 Å². The van der Waals surface area contributed by atoms with Gasteiger partial charge in [-0.05, 0) is 44.6 Å². The predicted octanol–water partition coefficient (Wildman–Crippen LogP) is 2.06. The second-order valence-electron chi connectivity index (χ2n) is 6.82. The average Bonchev–Trinajstić information content (AvgIpc) is 2.89. The van der Waals surface area contributed by atoms with E-state index in [0.29, 0.717) is 18.7 Å². The molecule has 1 aromatic carbocycles. The first-order chi connectivity index (χ1) is 12.1. The zero-order chi connectivity index (χ0) is 18.1. The van der Waals surface area contributed by atoms with Gasteiger partial charge in [0, 0.05) is 38.3 Å². The molecule has 0 aliphatic carbocycles. The Kier molecular flexibility index (Phi) is 7.73. The molecule has 6 heteroatoms. The fourth-order valence-corrected chi connectivity index (χ4v) is 2.88. The summed E-state index contributed by atoms with van der Waals surface area (Å²) < 4.78 is 0. The van der Waals surface area contributed by atoms with Gasteiger partial charge in [0.15, 0.2) is 0 Å². The van der Waals surface area contributed by atoms with Crippen LogP contribution in [-0.4, -0.2) is 62.0 Å². The van der Waals surface area contributed by atoms with Gasteiger partial charge >= 0.3 is 6.03 Å². The van der Waals surface area contributed by atoms with E-state index in [0.717, 1.165) is 38.0 Å². The topological polar surface area (TPSA) is 64.7 Å². The summed E-state index contributed by atoms with van der Waals surface area (Å²) in [4.78, 5) is 28.4. The second kappa shape index (κ2) is 10.0. The Bertz CT molecular complexity index is 566. The van der Waals surface area contributed by atoms with Crippen LogP contribution in [0.4, 0.5) is 4.79 Å². The van der Waals surface area contributed by atoms with Crippen molar-refractivity contribution in [2.75, 3.05) is 40.3 Å². The number of nitrogens with one attached hydrogen (secondary N) is 2. The van der Waals surface area contributed by atoms with Gasteiger partial charge in [0.2, 0.25) is 0 Å². The number of likely N-dealkylation sites (tertiary alicyclic amines) is 1. The molecule has 1 aliphatic rings. The highest BCUT2D eigenvalue weighted by Crippen LogP contribution is 2.10. The number of nitrogens with zero attached hydrogens (tertiary/aromatic N) is 2. The minimum Gasteiger partial charge on any atom is -0.351 e. The van der Waals surface area contributed by atoms with Crippen LogP contribution in [0.2, 0.25) is 0 Å². The Morgan fingerprint density at radius 1 is 1.08 bits per heavy atom. The van der Waals surface area contributed by atoms with Gasteiger partial charge in [0.1, 0.15) is 0 Å². The molecule has 1 saturated heterocycles. The molecule has 25 heavy (non-hydrogen) atoms. The number of amides is 3. The lowest BCUT2D eigenvalue weighted by atomic mass is 10.1. The molecule has 0 spiro atoms. The van der Waals surface area contributed by atoms with E-state index in [4.69, 9.17) is 0 Å². The van der Waals surface area contributed by atoms with Crippen molar-refractivity contribution in [3.8, 4) is 0 Å². The molecule has 0 unspecified atom stereocenters. The normalized spacial score (nSPS) is 14.9. The Labute approximate surface area is 150 Å². The number of carbonyl (C=O) groups is 2. The maximum atomic E-state index is 12.3. The van der Waals surface area contributed by atoms with Crippen LogP contribution in [0.15, 0.2) is 24.3 Å². The summed E-state index contributed by atoms with van der Waals surface area (Å²) in [5.41, 5.74) is 1.56. The number of hydrogen-bond acceptors (Lipinski definition) is 3. The SMILES string of the molecule is CN(C)CCNC(=O)c1cccc(CNC(=O)N2CCCCCC2)c1. The lowest BCUT2D eigenvalue weighted by molar-refractivity contribution is 0.0951. The lowest BCUT2D eigenvalue weighted by Gasteiger charge is -2.20. The minimum absolute atomic E-state index is 0.0114. The molecule has 1 fully saturated rings. The molecule has 0 bridgehead atoms. The fourth-order valence-electron chi connectivity index (χ4n) is 2.88. The zero-order valence-electron chi connectivity index (χ0n) is 15.4. The molecule has 138 valence electrons. The molecular formula is C19H30N4O2. The molecular weight excluding hydrogens is 316 g/mol. The predicted molar refractivity (Wildman–Crippen MR) is 99.6 cm³/mol. The van der Waals surface area contributed by atoms with Crippen molar-refractivity contribution >= 4 is 11.9 Å². The quantitative estimate of drug-likeness (QED) is 0.829. The summed E-state index contributed by atoms with van der Waals surface area (Å²) in [7, 11) is 3.94. The third-order valence-electron chi connectivity index (χ3n) is 4.37. The molecule has 1 aliphatic heterocycles. The van der Waals surface area contributed by atoms with Gasteiger partial charge in [-0.25, -0.2) is 4.79 Å². The summed E-state index contributed by atoms with van der Waals surface area (Å²) in [6.07, 6.45) is 4.57. The summed E-state index contributed by atoms with van der Waals surface area (Å²) in [5, 5.41) is 5.87. The van der Waals surface area contributed by atoms with E-state index in [1.807, 2.05) is 42.1 Å². The Hall–Kier alpha value is -2.08. The number of rotatable bonds is 6. The molecule has 0 aromatic heterocycles. The Balaban J connectivity index is 1.83. The third kappa shape index (κ3) is 6.74. The molecule has 1 aromatic rings. The summed E-state index contributed by atoms with van der Waals surface area (Å²) >= 11 is 0. The number of benzene rings is 1. The third-order valence-corrected chi connectivity index (χ3v) is 4.37. The van der Waals surface area contributed by atoms with Gasteiger partial charge < -0.3 is 20.4 Å². The van der Waals surface area contributed by atoms with Gasteiger partial charge in [-0.3, -0.25) is 4.79 Å². The first-order valence-corrected chi connectivity index (χ1v) is 9.11. The summed E-state index contributed by atoms with van der Waals surface area (Å²) in [5.74, 6) is -0.0810. The van der Waals surface area contributed by atoms with E-state index in [1.54, 1.807) is 6.07 Å². The van der Waals surface area contributed by atoms with Crippen LogP contribution >= 0.6 is 0 Å². The smallest absolute Gasteiger partial charge is 0.317 e. The van der Waals surface area contributed by atoms with Crippen molar-refractivity contribution in [2.45, 2.75) is 32.2 Å². The Morgan fingerprint density at radius 3 is 2.48 bits per heavy atom. The number of likely N-dealkylation sites (N-methyl/N-ethyl adjacent to an activating group) is 1. The van der Waals surface area contributed by atoms with E-state index < -0.39 is 0 Å². The molecule has 0 radical (unpaired) electrons. The lowest BCUT2D eigenvalue weighted by Crippen LogP contribution is -2.40. The highest BCUT2D eigenvalue weighted by molar-refractivity contribution is 5.94. The minimum atomic E-state index is -0.0810. The molecule has 1 heterocycles. The van der Waals surface area contributed by atoms with Crippen molar-refractivity contribution < 1.29 is 9.59 Å². The van der Waals surface area contributed by atoms with Crippen LogP contribution in [-0.2, 0) is 6.54 Å². The highest BCUT2D eigenvalue weighted by Gasteiger charge is 2.15. The number of carbonyl (C=O) groups excluding carboxylic acids is 2. The van der Waals surface area contributed by atoms with Crippen molar-refractivity contribution in [3.63, 3.8) is 0 Å². The maximum absolute atomic E-state index is 12.3. The van der Waals surface area contributed by atoms with Crippen LogP contribution in [0.3, 0.4) is 0 Å². The zero-order valence-corrected chi connectivity index (χ0v) is 15.4. The monoisotopic (exact) mass is 346 g/mol. The van der Waals surface area contributed by atoms with Crippen molar-refractivity contribution in [1.82, 2.24) is 20.4 Å². The van der Waals surface area contributed by atoms with Crippen LogP contribution < -0.4 is 10.6 Å². The van der Waals surface area contributed by atoms with Crippen LogP contribution in [0.1, 0.15) is 41.6 Å². The fraction of sp³-hybridized carbons (Fsp3) is 0.579. The van der Waals surface area contributed by atoms with Gasteiger partial charge in [-0.1, -0.05) is 25.0 Å². The van der Waals surface area contributed by atoms with E-state index >= 15 is 0 Å². The largest absolute Gasteiger partial charge is 0.351 e. The van der Waals surface area contributed by atoms with Gasteiger partial charge in [0.05, 0.1) is 0 Å². The number of hydrogen-bond donors (Lipinski definition) is 2. The van der Waals surface area contributed by atoms with Crippen molar-refractivity contribution in [2.24, 2.45) is 0 Å². The van der Waals surface area contributed by atoms with Crippen molar-refractivity contribution in [3.05, 3.63) is 35.4 Å². The molecule has 6 nitrogen and oxygen atoms in total. The van der Waals surface area contributed by atoms with E-state index in [1.165, 1.54) is 12.8 Å². The summed E-state index contributed by atoms with van der Waals surface area (Å²) in [6, 6.07) is 7.41. The first-order valence-electron chi connectivity index (χ1n) is 9.11. The Morgan fingerprint density at radius 2 is 1.80 bits per heavy atom. The van der Waals surface area contributed by atoms with E-state index in [9.17, 15) is 9.59 Å². The summed E-state index contributed by atoms with van der Waals surface area (Å²) in [6.45, 7) is 3.52. The van der Waals surface area contributed by atoms with Gasteiger partial charge in [-0.2, -0.15) is 0 Å². The first kappa shape index (κ1) is 19.2. The standard InChI is InChI=1S/C19H30N4O2/c1-22(2)13-10-20-18(24)17-9-7-8-16(14-17)15-21-19(25)23-11-5-3-4-6-12-23/h7-9,14H,3-6,10-13,15H2,1-2H3,(H,20,24)(H,21,25). The average molecular weight is 346 g/mol. The van der Waals surface area contributed by atoms with Crippen LogP contribution in [0.25, 0.3) is 0 Å². The molecule has 0 atom stereocenters. The van der Waals surface area contributed by atoms with Gasteiger partial charge in [-0.15, -0.1) is 0 Å². The maximum Gasteiger partial charge on any atom is 0.317 e. The second-order valence-corrected chi connectivity index (χ2v) is 6.82. The molecule has 3 amide bonds. The highest BCUT2D eigenvalue weighted by atomic mass is 16.2.